The largest absolute Gasteiger partial charge is 0.504 e. The van der Waals surface area contributed by atoms with Gasteiger partial charge in [-0.1, -0.05) is 32.9 Å². The number of aromatic hydroxyl groups is 2. The molecule has 0 unspecified atom stereocenters. The van der Waals surface area contributed by atoms with Gasteiger partial charge in [0.05, 0.1) is 10.7 Å². The molecule has 0 bridgehead atoms. The summed E-state index contributed by atoms with van der Waals surface area (Å²) in [5.41, 5.74) is 5.07. The molecule has 0 atom stereocenters. The van der Waals surface area contributed by atoms with Crippen LogP contribution in [-0.4, -0.2) is 28.9 Å². The summed E-state index contributed by atoms with van der Waals surface area (Å²) in [6.07, 6.45) is 1.35. The minimum Gasteiger partial charge on any atom is -0.504 e. The number of carbonyl (C=O) groups excluding carboxylic acids is 1. The highest BCUT2D eigenvalue weighted by Gasteiger charge is 2.15. The zero-order valence-electron chi connectivity index (χ0n) is 15.7. The van der Waals surface area contributed by atoms with Crippen LogP contribution in [0, 0.1) is 6.92 Å². The first kappa shape index (κ1) is 20.8. The van der Waals surface area contributed by atoms with E-state index in [1.807, 2.05) is 19.1 Å². The van der Waals surface area contributed by atoms with E-state index in [1.54, 1.807) is 6.07 Å². The van der Waals surface area contributed by atoms with Crippen molar-refractivity contribution in [2.24, 2.45) is 5.10 Å². The Kier molecular flexibility index (Phi) is 6.49. The number of hydrogen-bond acceptors (Lipinski definition) is 5. The number of phenolic OH excluding ortho intramolecular Hbond substituents is 2. The first-order valence-corrected chi connectivity index (χ1v) is 9.14. The molecule has 0 aliphatic carbocycles. The number of nitrogens with one attached hydrogen (secondary N) is 1. The second-order valence-corrected chi connectivity index (χ2v) is 8.04. The lowest BCUT2D eigenvalue weighted by molar-refractivity contribution is -0.123. The van der Waals surface area contributed by atoms with Gasteiger partial charge in [-0.3, -0.25) is 4.79 Å². The Morgan fingerprint density at radius 3 is 2.56 bits per heavy atom. The second kappa shape index (κ2) is 8.43. The van der Waals surface area contributed by atoms with E-state index in [2.05, 4.69) is 53.3 Å². The van der Waals surface area contributed by atoms with Crippen molar-refractivity contribution in [3.8, 4) is 17.2 Å². The highest BCUT2D eigenvalue weighted by molar-refractivity contribution is 9.10. The molecule has 27 heavy (non-hydrogen) atoms. The Labute approximate surface area is 167 Å². The van der Waals surface area contributed by atoms with Crippen molar-refractivity contribution in [1.82, 2.24) is 5.43 Å². The number of hydrazone groups is 1. The van der Waals surface area contributed by atoms with Crippen molar-refractivity contribution in [2.45, 2.75) is 33.1 Å². The third-order valence-corrected chi connectivity index (χ3v) is 4.47. The molecule has 0 heterocycles. The minimum atomic E-state index is -0.410. The second-order valence-electron chi connectivity index (χ2n) is 7.18. The Hall–Kier alpha value is -2.54. The molecule has 1 amide bonds. The van der Waals surface area contributed by atoms with E-state index in [-0.39, 0.29) is 23.5 Å². The number of phenols is 2. The van der Waals surface area contributed by atoms with Crippen LogP contribution in [0.1, 0.15) is 37.5 Å². The van der Waals surface area contributed by atoms with Gasteiger partial charge in [0.1, 0.15) is 5.75 Å². The molecule has 3 N–H and O–H groups in total. The molecular weight excluding hydrogens is 412 g/mol. The van der Waals surface area contributed by atoms with E-state index in [0.717, 1.165) is 5.56 Å². The Morgan fingerprint density at radius 2 is 1.96 bits per heavy atom. The number of amides is 1. The molecule has 0 spiro atoms. The lowest BCUT2D eigenvalue weighted by Crippen LogP contribution is -2.24. The molecule has 7 heteroatoms. The van der Waals surface area contributed by atoms with E-state index in [1.165, 1.54) is 17.8 Å². The predicted octanol–water partition coefficient (Wildman–Crippen LogP) is 4.00. The van der Waals surface area contributed by atoms with E-state index in [9.17, 15) is 15.0 Å². The zero-order chi connectivity index (χ0) is 20.2. The maximum absolute atomic E-state index is 11.9. The van der Waals surface area contributed by atoms with Crippen molar-refractivity contribution >= 4 is 28.1 Å². The maximum atomic E-state index is 11.9. The van der Waals surface area contributed by atoms with Gasteiger partial charge in [-0.05, 0) is 63.2 Å². The normalized spacial score (nSPS) is 11.6. The molecule has 144 valence electrons. The fraction of sp³-hybridized carbons (Fsp3) is 0.300. The van der Waals surface area contributed by atoms with Crippen LogP contribution in [0.5, 0.6) is 17.2 Å². The molecule has 0 fully saturated rings. The fourth-order valence-electron chi connectivity index (χ4n) is 2.31. The number of benzene rings is 2. The van der Waals surface area contributed by atoms with Crippen LogP contribution in [0.25, 0.3) is 0 Å². The first-order chi connectivity index (χ1) is 12.6. The predicted molar refractivity (Wildman–Crippen MR) is 109 cm³/mol. The summed E-state index contributed by atoms with van der Waals surface area (Å²) < 4.78 is 5.88. The summed E-state index contributed by atoms with van der Waals surface area (Å²) in [5.74, 6) is -0.297. The van der Waals surface area contributed by atoms with Crippen molar-refractivity contribution in [2.75, 3.05) is 6.61 Å². The summed E-state index contributed by atoms with van der Waals surface area (Å²) in [5, 5.41) is 22.8. The molecule has 2 aromatic rings. The van der Waals surface area contributed by atoms with Gasteiger partial charge in [-0.25, -0.2) is 5.43 Å². The van der Waals surface area contributed by atoms with E-state index in [0.29, 0.717) is 15.8 Å². The van der Waals surface area contributed by atoms with Crippen LogP contribution >= 0.6 is 15.9 Å². The average Bonchev–Trinajstić information content (AvgIpc) is 2.57. The highest BCUT2D eigenvalue weighted by Crippen LogP contribution is 2.33. The highest BCUT2D eigenvalue weighted by atomic mass is 79.9. The number of hydrogen-bond donors (Lipinski definition) is 3. The molecule has 0 aromatic heterocycles. The topological polar surface area (TPSA) is 91.2 Å². The van der Waals surface area contributed by atoms with Gasteiger partial charge in [-0.15, -0.1) is 0 Å². The first-order valence-electron chi connectivity index (χ1n) is 8.35. The Morgan fingerprint density at radius 1 is 1.26 bits per heavy atom. The molecule has 0 radical (unpaired) electrons. The van der Waals surface area contributed by atoms with E-state index < -0.39 is 5.91 Å². The summed E-state index contributed by atoms with van der Waals surface area (Å²) in [7, 11) is 0. The molecule has 2 aromatic carbocycles. The standard InChI is InChI=1S/C20H23BrN2O4/c1-12-7-14(20(2,3)4)5-6-17(12)27-11-18(25)23-22-10-13-8-15(21)19(26)16(24)9-13/h5-10,24,26H,11H2,1-4H3,(H,23,25). The summed E-state index contributed by atoms with van der Waals surface area (Å²) in [6.45, 7) is 8.19. The van der Waals surface area contributed by atoms with Crippen LogP contribution in [0.15, 0.2) is 39.9 Å². The molecular formula is C20H23BrN2O4. The molecule has 0 saturated heterocycles. The number of halogens is 1. The number of aryl methyl sites for hydroxylation is 1. The molecule has 2 rings (SSSR count). The molecule has 0 aliphatic rings. The SMILES string of the molecule is Cc1cc(C(C)(C)C)ccc1OCC(=O)NN=Cc1cc(O)c(O)c(Br)c1. The summed E-state index contributed by atoms with van der Waals surface area (Å²) in [6, 6.07) is 8.80. The quantitative estimate of drug-likeness (QED) is 0.376. The van der Waals surface area contributed by atoms with Crippen LogP contribution in [0.4, 0.5) is 0 Å². The van der Waals surface area contributed by atoms with Gasteiger partial charge in [0.2, 0.25) is 0 Å². The van der Waals surface area contributed by atoms with Gasteiger partial charge in [0.25, 0.3) is 5.91 Å². The monoisotopic (exact) mass is 434 g/mol. The maximum Gasteiger partial charge on any atom is 0.277 e. The molecule has 0 saturated carbocycles. The van der Waals surface area contributed by atoms with Gasteiger partial charge in [0.15, 0.2) is 18.1 Å². The lowest BCUT2D eigenvalue weighted by atomic mass is 9.86. The van der Waals surface area contributed by atoms with Gasteiger partial charge < -0.3 is 14.9 Å². The van der Waals surface area contributed by atoms with Crippen molar-refractivity contribution in [3.63, 3.8) is 0 Å². The van der Waals surface area contributed by atoms with Crippen LogP contribution in [0.3, 0.4) is 0 Å². The van der Waals surface area contributed by atoms with Crippen LogP contribution in [-0.2, 0) is 10.2 Å². The number of carbonyl (C=O) groups is 1. The van der Waals surface area contributed by atoms with E-state index >= 15 is 0 Å². The van der Waals surface area contributed by atoms with Gasteiger partial charge in [0, 0.05) is 0 Å². The molecule has 0 aliphatic heterocycles. The van der Waals surface area contributed by atoms with Crippen molar-refractivity contribution in [3.05, 3.63) is 51.5 Å². The van der Waals surface area contributed by atoms with E-state index in [4.69, 9.17) is 4.74 Å². The Bertz CT molecular complexity index is 850. The fourth-order valence-corrected chi connectivity index (χ4v) is 2.78. The Balaban J connectivity index is 1.91. The summed E-state index contributed by atoms with van der Waals surface area (Å²) in [4.78, 5) is 11.9. The van der Waals surface area contributed by atoms with Crippen molar-refractivity contribution < 1.29 is 19.7 Å². The summed E-state index contributed by atoms with van der Waals surface area (Å²) >= 11 is 3.11. The van der Waals surface area contributed by atoms with Crippen LogP contribution in [0.2, 0.25) is 0 Å². The smallest absolute Gasteiger partial charge is 0.277 e. The number of rotatable bonds is 5. The van der Waals surface area contributed by atoms with Gasteiger partial charge in [-0.2, -0.15) is 5.10 Å². The van der Waals surface area contributed by atoms with Crippen molar-refractivity contribution in [1.29, 1.82) is 0 Å². The number of nitrogens with zero attached hydrogens (tertiary/aromatic N) is 1. The third kappa shape index (κ3) is 5.72. The third-order valence-electron chi connectivity index (χ3n) is 3.87. The minimum absolute atomic E-state index is 0.0486. The number of ether oxygens (including phenoxy) is 1. The molecule has 6 nitrogen and oxygen atoms in total. The van der Waals surface area contributed by atoms with Crippen LogP contribution < -0.4 is 10.2 Å². The van der Waals surface area contributed by atoms with Gasteiger partial charge >= 0.3 is 0 Å². The lowest BCUT2D eigenvalue weighted by Gasteiger charge is -2.20. The average molecular weight is 435 g/mol. The zero-order valence-corrected chi connectivity index (χ0v) is 17.3.